The fourth-order valence-corrected chi connectivity index (χ4v) is 4.93. The molecule has 1 aliphatic rings. The van der Waals surface area contributed by atoms with Crippen molar-refractivity contribution in [3.63, 3.8) is 0 Å². The Labute approximate surface area is 163 Å². The number of hydrogen-bond acceptors (Lipinski definition) is 4. The molecule has 0 unspecified atom stereocenters. The first-order valence-electron chi connectivity index (χ1n) is 8.53. The normalized spacial score (nSPS) is 15.1. The van der Waals surface area contributed by atoms with E-state index in [0.717, 1.165) is 19.3 Å². The van der Waals surface area contributed by atoms with E-state index in [0.29, 0.717) is 24.3 Å². The second kappa shape index (κ2) is 8.09. The largest absolute Gasteiger partial charge is 0.322 e. The second-order valence-electron chi connectivity index (χ2n) is 6.22. The summed E-state index contributed by atoms with van der Waals surface area (Å²) in [6, 6.07) is 12.6. The molecule has 140 valence electrons. The zero-order valence-corrected chi connectivity index (χ0v) is 16.1. The average Bonchev–Trinajstić information content (AvgIpc) is 2.69. The summed E-state index contributed by atoms with van der Waals surface area (Å²) < 4.78 is 27.4. The first-order chi connectivity index (χ1) is 12.9. The summed E-state index contributed by atoms with van der Waals surface area (Å²) in [7, 11) is -3.75. The third-order valence-electron chi connectivity index (χ3n) is 4.41. The topological polar surface area (TPSA) is 90.3 Å². The first-order valence-corrected chi connectivity index (χ1v) is 10.4. The molecule has 2 aromatic rings. The number of rotatable bonds is 4. The van der Waals surface area contributed by atoms with E-state index in [1.54, 1.807) is 18.2 Å². The smallest absolute Gasteiger partial charge is 0.257 e. The van der Waals surface area contributed by atoms with Crippen molar-refractivity contribution in [2.75, 3.05) is 18.4 Å². The number of carbonyl (C=O) groups is 1. The summed E-state index contributed by atoms with van der Waals surface area (Å²) in [5.74, 6) is -0.549. The minimum absolute atomic E-state index is 0.0101. The van der Waals surface area contributed by atoms with E-state index >= 15 is 0 Å². The Bertz CT molecular complexity index is 1010. The molecule has 0 radical (unpaired) electrons. The molecule has 1 fully saturated rings. The molecule has 0 bridgehead atoms. The van der Waals surface area contributed by atoms with Crippen molar-refractivity contribution in [3.8, 4) is 6.07 Å². The maximum atomic E-state index is 13.0. The van der Waals surface area contributed by atoms with E-state index in [2.05, 4.69) is 5.32 Å². The van der Waals surface area contributed by atoms with Crippen molar-refractivity contribution < 1.29 is 13.2 Å². The van der Waals surface area contributed by atoms with Crippen LogP contribution in [0.2, 0.25) is 5.02 Å². The summed E-state index contributed by atoms with van der Waals surface area (Å²) in [6.07, 6.45) is 2.64. The minimum atomic E-state index is -3.75. The van der Waals surface area contributed by atoms with Gasteiger partial charge in [-0.15, -0.1) is 0 Å². The fourth-order valence-electron chi connectivity index (χ4n) is 3.01. The molecule has 2 aromatic carbocycles. The minimum Gasteiger partial charge on any atom is -0.322 e. The maximum Gasteiger partial charge on any atom is 0.257 e. The van der Waals surface area contributed by atoms with Gasteiger partial charge < -0.3 is 5.32 Å². The Hall–Kier alpha value is -2.40. The van der Waals surface area contributed by atoms with Gasteiger partial charge >= 0.3 is 0 Å². The lowest BCUT2D eigenvalue weighted by atomic mass is 10.2. The van der Waals surface area contributed by atoms with Gasteiger partial charge in [0.05, 0.1) is 21.0 Å². The van der Waals surface area contributed by atoms with Gasteiger partial charge in [-0.1, -0.05) is 30.2 Å². The molecule has 1 N–H and O–H groups in total. The molecule has 0 spiro atoms. The highest BCUT2D eigenvalue weighted by molar-refractivity contribution is 7.89. The van der Waals surface area contributed by atoms with E-state index in [-0.39, 0.29) is 15.5 Å². The third-order valence-corrected chi connectivity index (χ3v) is 6.68. The van der Waals surface area contributed by atoms with Crippen LogP contribution in [0.25, 0.3) is 0 Å². The molecule has 0 atom stereocenters. The summed E-state index contributed by atoms with van der Waals surface area (Å²) in [6.45, 7) is 0.924. The Morgan fingerprint density at radius 1 is 1.11 bits per heavy atom. The van der Waals surface area contributed by atoms with Gasteiger partial charge in [-0.25, -0.2) is 8.42 Å². The number of anilines is 1. The van der Waals surface area contributed by atoms with Crippen LogP contribution in [-0.4, -0.2) is 31.7 Å². The number of nitrogens with one attached hydrogen (secondary N) is 1. The highest BCUT2D eigenvalue weighted by Crippen LogP contribution is 2.25. The van der Waals surface area contributed by atoms with Gasteiger partial charge in [0.25, 0.3) is 5.91 Å². The lowest BCUT2D eigenvalue weighted by Crippen LogP contribution is -2.36. The molecule has 6 nitrogen and oxygen atoms in total. The Morgan fingerprint density at radius 3 is 2.48 bits per heavy atom. The molecular weight excluding hydrogens is 386 g/mol. The van der Waals surface area contributed by atoms with Gasteiger partial charge in [0.2, 0.25) is 10.0 Å². The molecule has 0 aliphatic carbocycles. The molecule has 1 heterocycles. The van der Waals surface area contributed by atoms with Crippen molar-refractivity contribution >= 4 is 33.2 Å². The van der Waals surface area contributed by atoms with Crippen molar-refractivity contribution in [2.45, 2.75) is 24.2 Å². The van der Waals surface area contributed by atoms with Crippen molar-refractivity contribution in [3.05, 3.63) is 58.6 Å². The van der Waals surface area contributed by atoms with Crippen LogP contribution in [0, 0.1) is 11.3 Å². The van der Waals surface area contributed by atoms with Crippen LogP contribution in [0.5, 0.6) is 0 Å². The molecule has 0 saturated carbocycles. The Balaban J connectivity index is 1.90. The van der Waals surface area contributed by atoms with Crippen LogP contribution < -0.4 is 5.32 Å². The lowest BCUT2D eigenvalue weighted by molar-refractivity contribution is 0.102. The zero-order chi connectivity index (χ0) is 19.4. The van der Waals surface area contributed by atoms with Gasteiger partial charge in [-0.05, 0) is 43.2 Å². The molecule has 3 rings (SSSR count). The molecule has 1 saturated heterocycles. The number of carbonyl (C=O) groups excluding carboxylic acids is 1. The molecule has 27 heavy (non-hydrogen) atoms. The fraction of sp³-hybridized carbons (Fsp3) is 0.263. The van der Waals surface area contributed by atoms with Crippen LogP contribution in [0.3, 0.4) is 0 Å². The predicted molar refractivity (Wildman–Crippen MR) is 103 cm³/mol. The Kier molecular flexibility index (Phi) is 5.80. The van der Waals surface area contributed by atoms with Gasteiger partial charge in [0.15, 0.2) is 0 Å². The van der Waals surface area contributed by atoms with Crippen LogP contribution in [0.1, 0.15) is 35.2 Å². The third kappa shape index (κ3) is 4.14. The lowest BCUT2D eigenvalue weighted by Gasteiger charge is -2.26. The number of piperidine rings is 1. The first kappa shape index (κ1) is 19.4. The quantitative estimate of drug-likeness (QED) is 0.843. The molecular formula is C19H18ClN3O3S. The molecule has 1 aliphatic heterocycles. The summed E-state index contributed by atoms with van der Waals surface area (Å²) >= 11 is 5.99. The standard InChI is InChI=1S/C19H18ClN3O3S/c20-17-12-15(9-8-14(17)13-21)22-19(24)16-6-2-3-7-18(16)27(25,26)23-10-4-1-5-11-23/h2-3,6-9,12H,1,4-5,10-11H2,(H,22,24). The number of nitriles is 1. The van der Waals surface area contributed by atoms with Crippen LogP contribution in [0.15, 0.2) is 47.4 Å². The number of nitrogens with zero attached hydrogens (tertiary/aromatic N) is 2. The summed E-state index contributed by atoms with van der Waals surface area (Å²) in [5.41, 5.74) is 0.750. The highest BCUT2D eigenvalue weighted by atomic mass is 35.5. The van der Waals surface area contributed by atoms with E-state index < -0.39 is 15.9 Å². The van der Waals surface area contributed by atoms with Crippen LogP contribution in [0.4, 0.5) is 5.69 Å². The SMILES string of the molecule is N#Cc1ccc(NC(=O)c2ccccc2S(=O)(=O)N2CCCCC2)cc1Cl. The van der Waals surface area contributed by atoms with Gasteiger partial charge in [-0.3, -0.25) is 4.79 Å². The van der Waals surface area contributed by atoms with Crippen molar-refractivity contribution in [1.82, 2.24) is 4.31 Å². The zero-order valence-electron chi connectivity index (χ0n) is 14.5. The highest BCUT2D eigenvalue weighted by Gasteiger charge is 2.29. The second-order valence-corrected chi connectivity index (χ2v) is 8.54. The summed E-state index contributed by atoms with van der Waals surface area (Å²) in [5, 5.41) is 11.8. The van der Waals surface area contributed by atoms with E-state index in [9.17, 15) is 13.2 Å². The van der Waals surface area contributed by atoms with Crippen LogP contribution >= 0.6 is 11.6 Å². The maximum absolute atomic E-state index is 13.0. The van der Waals surface area contributed by atoms with E-state index in [4.69, 9.17) is 16.9 Å². The number of hydrogen-bond donors (Lipinski definition) is 1. The van der Waals surface area contributed by atoms with Gasteiger partial charge in [0, 0.05) is 18.8 Å². The van der Waals surface area contributed by atoms with E-state index in [1.165, 1.54) is 28.6 Å². The molecule has 8 heteroatoms. The summed E-state index contributed by atoms with van der Waals surface area (Å²) in [4.78, 5) is 12.7. The molecule has 1 amide bonds. The van der Waals surface area contributed by atoms with Gasteiger partial charge in [-0.2, -0.15) is 9.57 Å². The molecule has 0 aromatic heterocycles. The van der Waals surface area contributed by atoms with Crippen LogP contribution in [-0.2, 0) is 10.0 Å². The number of sulfonamides is 1. The van der Waals surface area contributed by atoms with E-state index in [1.807, 2.05) is 6.07 Å². The van der Waals surface area contributed by atoms with Crippen molar-refractivity contribution in [1.29, 1.82) is 5.26 Å². The van der Waals surface area contributed by atoms with Gasteiger partial charge in [0.1, 0.15) is 6.07 Å². The predicted octanol–water partition coefficient (Wildman–Crippen LogP) is 3.64. The Morgan fingerprint density at radius 2 is 1.81 bits per heavy atom. The van der Waals surface area contributed by atoms with Crippen molar-refractivity contribution in [2.24, 2.45) is 0 Å². The number of halogens is 1. The average molecular weight is 404 g/mol. The number of amides is 1. The number of benzene rings is 2. The monoisotopic (exact) mass is 403 g/mol.